The fourth-order valence-corrected chi connectivity index (χ4v) is 3.10. The molecule has 1 fully saturated rings. The minimum Gasteiger partial charge on any atom is -0.391 e. The van der Waals surface area contributed by atoms with Gasteiger partial charge in [-0.3, -0.25) is 4.79 Å². The lowest BCUT2D eigenvalue weighted by Crippen LogP contribution is -2.48. The average Bonchev–Trinajstić information content (AvgIpc) is 3.01. The molecule has 1 saturated heterocycles. The average molecular weight is 329 g/mol. The number of aromatic nitrogens is 4. The minimum absolute atomic E-state index is 0.0415. The van der Waals surface area contributed by atoms with Gasteiger partial charge in [0.25, 0.3) is 0 Å². The molecule has 128 valence electrons. The molecule has 0 aliphatic carbocycles. The van der Waals surface area contributed by atoms with Crippen molar-refractivity contribution in [3.63, 3.8) is 0 Å². The normalized spacial score (nSPS) is 22.4. The maximum Gasteiger partial charge on any atom is 0.248 e. The van der Waals surface area contributed by atoms with Crippen LogP contribution in [0.3, 0.4) is 0 Å². The van der Waals surface area contributed by atoms with Gasteiger partial charge in [-0.05, 0) is 35.3 Å². The van der Waals surface area contributed by atoms with Crippen LogP contribution < -0.4 is 0 Å². The molecule has 24 heavy (non-hydrogen) atoms. The van der Waals surface area contributed by atoms with Crippen molar-refractivity contribution in [1.29, 1.82) is 0 Å². The molecule has 1 N–H and O–H groups in total. The summed E-state index contributed by atoms with van der Waals surface area (Å²) in [5, 5.41) is 21.7. The van der Waals surface area contributed by atoms with Crippen LogP contribution in [0.4, 0.5) is 0 Å². The zero-order chi connectivity index (χ0) is 17.1. The Balaban J connectivity index is 1.84. The van der Waals surface area contributed by atoms with E-state index in [1.54, 1.807) is 16.5 Å². The van der Waals surface area contributed by atoms with Crippen LogP contribution in [-0.2, 0) is 11.2 Å². The molecular weight excluding hydrogens is 306 g/mol. The number of rotatable bonds is 4. The molecule has 0 radical (unpaired) electrons. The van der Waals surface area contributed by atoms with Gasteiger partial charge in [-0.1, -0.05) is 37.3 Å². The Morgan fingerprint density at radius 2 is 2.12 bits per heavy atom. The smallest absolute Gasteiger partial charge is 0.248 e. The highest BCUT2D eigenvalue weighted by Gasteiger charge is 2.33. The number of benzene rings is 1. The Kier molecular flexibility index (Phi) is 4.89. The highest BCUT2D eigenvalue weighted by atomic mass is 16.3. The number of tetrazole rings is 1. The summed E-state index contributed by atoms with van der Waals surface area (Å²) in [6, 6.07) is 9.35. The number of aliphatic hydroxyl groups is 1. The third-order valence-corrected chi connectivity index (χ3v) is 4.74. The van der Waals surface area contributed by atoms with Gasteiger partial charge in [0.05, 0.1) is 6.10 Å². The van der Waals surface area contributed by atoms with Crippen molar-refractivity contribution in [3.05, 3.63) is 41.7 Å². The van der Waals surface area contributed by atoms with Crippen molar-refractivity contribution in [2.75, 3.05) is 13.1 Å². The Morgan fingerprint density at radius 3 is 2.75 bits per heavy atom. The van der Waals surface area contributed by atoms with Crippen LogP contribution in [0.15, 0.2) is 30.3 Å². The topological polar surface area (TPSA) is 84.1 Å². The quantitative estimate of drug-likeness (QED) is 0.904. The van der Waals surface area contributed by atoms with Crippen LogP contribution >= 0.6 is 0 Å². The molecule has 1 amide bonds. The molecular formula is C17H23N5O2. The molecule has 3 unspecified atom stereocenters. The molecule has 7 nitrogen and oxygen atoms in total. The Morgan fingerprint density at radius 1 is 1.38 bits per heavy atom. The summed E-state index contributed by atoms with van der Waals surface area (Å²) in [6.45, 7) is 4.83. The summed E-state index contributed by atoms with van der Waals surface area (Å²) >= 11 is 0. The summed E-state index contributed by atoms with van der Waals surface area (Å²) in [6.07, 6.45) is 0.850. The number of nitrogens with zero attached hydrogens (tertiary/aromatic N) is 5. The largest absolute Gasteiger partial charge is 0.391 e. The molecule has 1 aliphatic rings. The Labute approximate surface area is 141 Å². The van der Waals surface area contributed by atoms with Gasteiger partial charge in [-0.15, -0.1) is 5.10 Å². The maximum atomic E-state index is 13.1. The molecule has 0 spiro atoms. The van der Waals surface area contributed by atoms with Gasteiger partial charge < -0.3 is 10.0 Å². The van der Waals surface area contributed by atoms with Crippen LogP contribution in [0, 0.1) is 12.8 Å². The van der Waals surface area contributed by atoms with Crippen molar-refractivity contribution in [1.82, 2.24) is 25.1 Å². The predicted octanol–water partition coefficient (Wildman–Crippen LogP) is 0.995. The van der Waals surface area contributed by atoms with Crippen molar-refractivity contribution in [3.8, 4) is 0 Å². The summed E-state index contributed by atoms with van der Waals surface area (Å²) in [5.41, 5.74) is 1.05. The van der Waals surface area contributed by atoms with E-state index in [-0.39, 0.29) is 11.8 Å². The van der Waals surface area contributed by atoms with Crippen LogP contribution in [0.1, 0.15) is 30.8 Å². The first-order chi connectivity index (χ1) is 11.6. The van der Waals surface area contributed by atoms with Crippen molar-refractivity contribution < 1.29 is 9.90 Å². The van der Waals surface area contributed by atoms with Crippen molar-refractivity contribution in [2.45, 2.75) is 38.8 Å². The predicted molar refractivity (Wildman–Crippen MR) is 88.1 cm³/mol. The van der Waals surface area contributed by atoms with E-state index in [1.807, 2.05) is 37.3 Å². The molecule has 3 rings (SSSR count). The number of amides is 1. The second kappa shape index (κ2) is 7.09. The zero-order valence-electron chi connectivity index (χ0n) is 14.0. The lowest BCUT2D eigenvalue weighted by molar-refractivity contribution is -0.139. The lowest BCUT2D eigenvalue weighted by atomic mass is 9.95. The molecule has 0 saturated carbocycles. The number of likely N-dealkylation sites (tertiary alicyclic amines) is 1. The van der Waals surface area contributed by atoms with Gasteiger partial charge in [0.15, 0.2) is 0 Å². The highest BCUT2D eigenvalue weighted by Crippen LogP contribution is 2.22. The van der Waals surface area contributed by atoms with E-state index < -0.39 is 12.1 Å². The van der Waals surface area contributed by atoms with Crippen LogP contribution in [0.2, 0.25) is 0 Å². The summed E-state index contributed by atoms with van der Waals surface area (Å²) in [7, 11) is 0. The third kappa shape index (κ3) is 3.46. The van der Waals surface area contributed by atoms with E-state index in [0.29, 0.717) is 25.3 Å². The molecule has 0 bridgehead atoms. The van der Waals surface area contributed by atoms with Gasteiger partial charge >= 0.3 is 0 Å². The van der Waals surface area contributed by atoms with Crippen LogP contribution in [-0.4, -0.2) is 55.3 Å². The number of hydrogen-bond donors (Lipinski definition) is 1. The third-order valence-electron chi connectivity index (χ3n) is 4.74. The highest BCUT2D eigenvalue weighted by molar-refractivity contribution is 5.81. The molecule has 2 heterocycles. The summed E-state index contributed by atoms with van der Waals surface area (Å²) < 4.78 is 1.58. The van der Waals surface area contributed by atoms with Crippen LogP contribution in [0.25, 0.3) is 0 Å². The van der Waals surface area contributed by atoms with Gasteiger partial charge in [-0.25, -0.2) is 4.68 Å². The second-order valence-electron chi connectivity index (χ2n) is 6.49. The molecule has 1 aromatic heterocycles. The van der Waals surface area contributed by atoms with E-state index in [4.69, 9.17) is 0 Å². The molecule has 1 aliphatic heterocycles. The molecule has 3 atom stereocenters. The number of piperidine rings is 1. The van der Waals surface area contributed by atoms with Gasteiger partial charge in [-0.2, -0.15) is 0 Å². The number of carbonyl (C=O) groups is 1. The zero-order valence-corrected chi connectivity index (χ0v) is 14.0. The molecule has 1 aromatic carbocycles. The lowest BCUT2D eigenvalue weighted by Gasteiger charge is -2.36. The van der Waals surface area contributed by atoms with Crippen molar-refractivity contribution in [2.24, 2.45) is 5.92 Å². The number of carbonyl (C=O) groups excluding carboxylic acids is 1. The SMILES string of the molecule is Cc1nnnn1C(Cc1ccccc1)C(=O)N1CCC(C)C(O)C1. The maximum absolute atomic E-state index is 13.1. The van der Waals surface area contributed by atoms with Gasteiger partial charge in [0.1, 0.15) is 11.9 Å². The molecule has 7 heteroatoms. The van der Waals surface area contributed by atoms with E-state index in [2.05, 4.69) is 15.5 Å². The number of aryl methyl sites for hydroxylation is 1. The van der Waals surface area contributed by atoms with E-state index in [1.165, 1.54) is 0 Å². The number of hydrogen-bond acceptors (Lipinski definition) is 5. The first kappa shape index (κ1) is 16.6. The summed E-state index contributed by atoms with van der Waals surface area (Å²) in [5.74, 6) is 0.784. The second-order valence-corrected chi connectivity index (χ2v) is 6.49. The number of aliphatic hydroxyl groups excluding tert-OH is 1. The van der Waals surface area contributed by atoms with Gasteiger partial charge in [0, 0.05) is 19.5 Å². The molecule has 2 aromatic rings. The van der Waals surface area contributed by atoms with E-state index in [9.17, 15) is 9.90 Å². The first-order valence-corrected chi connectivity index (χ1v) is 8.31. The fraction of sp³-hybridized carbons (Fsp3) is 0.529. The fourth-order valence-electron chi connectivity index (χ4n) is 3.10. The van der Waals surface area contributed by atoms with E-state index >= 15 is 0 Å². The Hall–Kier alpha value is -2.28. The summed E-state index contributed by atoms with van der Waals surface area (Å²) in [4.78, 5) is 14.8. The van der Waals surface area contributed by atoms with Crippen LogP contribution in [0.5, 0.6) is 0 Å². The number of β-amino-alcohol motifs (C(OH)–C–C–N with tert-alkyl or cyclic N) is 1. The van der Waals surface area contributed by atoms with Crippen molar-refractivity contribution >= 4 is 5.91 Å². The Bertz CT molecular complexity index is 687. The van der Waals surface area contributed by atoms with E-state index in [0.717, 1.165) is 12.0 Å². The van der Waals surface area contributed by atoms with Gasteiger partial charge in [0.2, 0.25) is 5.91 Å². The first-order valence-electron chi connectivity index (χ1n) is 8.31. The standard InChI is InChI=1S/C17H23N5O2/c1-12-8-9-21(11-16(12)23)17(24)15(22-13(2)18-19-20-22)10-14-6-4-3-5-7-14/h3-7,12,15-16,23H,8-11H2,1-2H3. The monoisotopic (exact) mass is 329 g/mol. The minimum atomic E-state index is -0.497.